The lowest BCUT2D eigenvalue weighted by Crippen LogP contribution is -2.38. The van der Waals surface area contributed by atoms with Gasteiger partial charge in [0.1, 0.15) is 11.8 Å². The molecule has 0 atom stereocenters. The zero-order valence-electron chi connectivity index (χ0n) is 13.5. The first kappa shape index (κ1) is 18.7. The molecular formula is C17H10Cl2N4O4. The molecule has 2 aromatic rings. The molecule has 27 heavy (non-hydrogen) atoms. The summed E-state index contributed by atoms with van der Waals surface area (Å²) in [6, 6.07) is 9.85. The fourth-order valence-corrected chi connectivity index (χ4v) is 2.67. The number of anilines is 2. The highest BCUT2D eigenvalue weighted by molar-refractivity contribution is 6.44. The lowest BCUT2D eigenvalue weighted by molar-refractivity contribution is -0.135. The van der Waals surface area contributed by atoms with Crippen LogP contribution >= 0.6 is 23.2 Å². The Morgan fingerprint density at radius 1 is 0.926 bits per heavy atom. The minimum Gasteiger partial charge on any atom is -0.326 e. The number of para-hydroxylation sites is 1. The molecule has 3 rings (SSSR count). The average Bonchev–Trinajstić information content (AvgIpc) is 2.61. The summed E-state index contributed by atoms with van der Waals surface area (Å²) in [7, 11) is 0. The van der Waals surface area contributed by atoms with Crippen LogP contribution in [0.2, 0.25) is 10.0 Å². The van der Waals surface area contributed by atoms with E-state index in [1.54, 1.807) is 30.3 Å². The fraction of sp³-hybridized carbons (Fsp3) is 0.0588. The molecule has 10 heteroatoms. The number of nitrogens with one attached hydrogen (secondary N) is 2. The van der Waals surface area contributed by atoms with E-state index in [0.717, 1.165) is 0 Å². The van der Waals surface area contributed by atoms with Gasteiger partial charge in [-0.25, -0.2) is 9.98 Å². The number of hydrogen-bond donors (Lipinski definition) is 2. The maximum absolute atomic E-state index is 12.2. The second kappa shape index (κ2) is 7.65. The Morgan fingerprint density at radius 3 is 2.26 bits per heavy atom. The minimum absolute atomic E-state index is 0.000512. The summed E-state index contributed by atoms with van der Waals surface area (Å²) in [5, 5.41) is 4.78. The van der Waals surface area contributed by atoms with E-state index < -0.39 is 30.0 Å². The normalized spacial score (nSPS) is 12.5. The third kappa shape index (κ3) is 4.18. The number of carbonyl (C=O) groups excluding carboxylic acids is 4. The highest BCUT2D eigenvalue weighted by Crippen LogP contribution is 2.26. The first-order valence-electron chi connectivity index (χ1n) is 7.53. The first-order valence-corrected chi connectivity index (χ1v) is 8.29. The largest absolute Gasteiger partial charge is 0.338 e. The standard InChI is InChI=1S/C17H10Cl2N4O4/c18-9-6-10-14(23-17(27)16(26)21-10)15(13(9)19)22-12(25)7-11(24)20-8-4-2-1-3-5-8/h1-6H,7H2,(H,20,24)(H,22,25). The number of nitrogens with zero attached hydrogens (tertiary/aromatic N) is 2. The molecule has 0 saturated carbocycles. The molecule has 0 spiro atoms. The van der Waals surface area contributed by atoms with Crippen LogP contribution in [0.1, 0.15) is 6.42 Å². The van der Waals surface area contributed by atoms with Gasteiger partial charge in [0.05, 0.1) is 21.1 Å². The summed E-state index contributed by atoms with van der Waals surface area (Å²) >= 11 is 12.1. The number of fused-ring (bicyclic) bond motifs is 1. The number of halogens is 2. The molecule has 2 aromatic carbocycles. The van der Waals surface area contributed by atoms with Gasteiger partial charge in [0.15, 0.2) is 0 Å². The van der Waals surface area contributed by atoms with Crippen LogP contribution in [0.25, 0.3) is 0 Å². The van der Waals surface area contributed by atoms with E-state index in [0.29, 0.717) is 5.69 Å². The summed E-state index contributed by atoms with van der Waals surface area (Å²) < 4.78 is 0. The molecule has 0 aromatic heterocycles. The number of hydrogen-bond acceptors (Lipinski definition) is 4. The molecule has 4 amide bonds. The Balaban J connectivity index is 1.84. The van der Waals surface area contributed by atoms with Crippen molar-refractivity contribution in [3.8, 4) is 0 Å². The molecule has 0 saturated heterocycles. The van der Waals surface area contributed by atoms with Gasteiger partial charge in [0, 0.05) is 5.69 Å². The summed E-state index contributed by atoms with van der Waals surface area (Å²) in [4.78, 5) is 54.2. The van der Waals surface area contributed by atoms with E-state index >= 15 is 0 Å². The molecule has 0 aliphatic carbocycles. The maximum atomic E-state index is 12.2. The van der Waals surface area contributed by atoms with Gasteiger partial charge >= 0.3 is 11.8 Å². The van der Waals surface area contributed by atoms with Crippen LogP contribution in [0.4, 0.5) is 11.4 Å². The Morgan fingerprint density at radius 2 is 1.56 bits per heavy atom. The van der Waals surface area contributed by atoms with Crippen LogP contribution in [0, 0.1) is 0 Å². The minimum atomic E-state index is -1.10. The van der Waals surface area contributed by atoms with Crippen LogP contribution < -0.4 is 21.3 Å². The number of benzene rings is 2. The van der Waals surface area contributed by atoms with Gasteiger partial charge in [-0.1, -0.05) is 41.4 Å². The van der Waals surface area contributed by atoms with Gasteiger partial charge in [0.25, 0.3) is 0 Å². The quantitative estimate of drug-likeness (QED) is 0.589. The van der Waals surface area contributed by atoms with Crippen molar-refractivity contribution in [3.05, 3.63) is 57.2 Å². The topological polar surface area (TPSA) is 117 Å². The Labute approximate surface area is 161 Å². The molecule has 8 nitrogen and oxygen atoms in total. The van der Waals surface area contributed by atoms with Crippen molar-refractivity contribution in [1.82, 2.24) is 0 Å². The number of carbonyl (C=O) groups is 4. The van der Waals surface area contributed by atoms with E-state index in [2.05, 4.69) is 20.6 Å². The number of rotatable bonds is 4. The van der Waals surface area contributed by atoms with Gasteiger partial charge in [-0.3, -0.25) is 19.2 Å². The smallest absolute Gasteiger partial charge is 0.326 e. The molecule has 1 aliphatic heterocycles. The SMILES string of the molecule is O=C(CC(=O)Nc1c(Cl)c(Cl)cc2c1=NC(=O)C(=O)N=2)Nc1ccccc1. The maximum Gasteiger partial charge on any atom is 0.338 e. The predicted molar refractivity (Wildman–Crippen MR) is 97.1 cm³/mol. The van der Waals surface area contributed by atoms with Crippen molar-refractivity contribution in [1.29, 1.82) is 0 Å². The first-order chi connectivity index (χ1) is 12.8. The summed E-state index contributed by atoms with van der Waals surface area (Å²) in [5.74, 6) is -3.42. The molecule has 2 N–H and O–H groups in total. The van der Waals surface area contributed by atoms with Crippen LogP contribution in [0.15, 0.2) is 46.4 Å². The van der Waals surface area contributed by atoms with Crippen molar-refractivity contribution in [2.24, 2.45) is 9.98 Å². The summed E-state index contributed by atoms with van der Waals surface area (Å²) in [6.45, 7) is 0. The molecule has 1 aliphatic rings. The molecule has 0 radical (unpaired) electrons. The Hall–Kier alpha value is -3.10. The average molecular weight is 405 g/mol. The van der Waals surface area contributed by atoms with E-state index in [4.69, 9.17) is 23.2 Å². The van der Waals surface area contributed by atoms with Crippen molar-refractivity contribution in [2.45, 2.75) is 6.42 Å². The molecular weight excluding hydrogens is 395 g/mol. The van der Waals surface area contributed by atoms with Gasteiger partial charge < -0.3 is 10.6 Å². The monoisotopic (exact) mass is 404 g/mol. The highest BCUT2D eigenvalue weighted by atomic mass is 35.5. The van der Waals surface area contributed by atoms with Gasteiger partial charge in [-0.15, -0.1) is 0 Å². The molecule has 136 valence electrons. The third-order valence-corrected chi connectivity index (χ3v) is 4.22. The molecule has 0 bridgehead atoms. The van der Waals surface area contributed by atoms with Crippen LogP contribution in [0.5, 0.6) is 0 Å². The van der Waals surface area contributed by atoms with Crippen LogP contribution in [0.3, 0.4) is 0 Å². The second-order valence-electron chi connectivity index (χ2n) is 5.39. The van der Waals surface area contributed by atoms with Gasteiger partial charge in [0.2, 0.25) is 11.8 Å². The molecule has 0 fully saturated rings. The van der Waals surface area contributed by atoms with E-state index in [1.165, 1.54) is 6.07 Å². The summed E-state index contributed by atoms with van der Waals surface area (Å²) in [6.07, 6.45) is -0.517. The van der Waals surface area contributed by atoms with E-state index in [9.17, 15) is 19.2 Å². The lowest BCUT2D eigenvalue weighted by atomic mass is 10.2. The number of amides is 4. The lowest BCUT2D eigenvalue weighted by Gasteiger charge is -2.11. The van der Waals surface area contributed by atoms with Crippen LogP contribution in [-0.2, 0) is 19.2 Å². The molecule has 0 unspecified atom stereocenters. The zero-order chi connectivity index (χ0) is 19.6. The van der Waals surface area contributed by atoms with E-state index in [1.807, 2.05) is 0 Å². The van der Waals surface area contributed by atoms with Crippen molar-refractivity contribution >= 4 is 58.2 Å². The zero-order valence-corrected chi connectivity index (χ0v) is 15.0. The van der Waals surface area contributed by atoms with Crippen molar-refractivity contribution < 1.29 is 19.2 Å². The Kier molecular flexibility index (Phi) is 5.29. The molecule has 1 heterocycles. The second-order valence-corrected chi connectivity index (χ2v) is 6.17. The van der Waals surface area contributed by atoms with Gasteiger partial charge in [-0.2, -0.15) is 0 Å². The van der Waals surface area contributed by atoms with Crippen LogP contribution in [-0.4, -0.2) is 23.6 Å². The van der Waals surface area contributed by atoms with Crippen molar-refractivity contribution in [2.75, 3.05) is 10.6 Å². The predicted octanol–water partition coefficient (Wildman–Crippen LogP) is 1.27. The van der Waals surface area contributed by atoms with E-state index in [-0.39, 0.29) is 26.4 Å². The third-order valence-electron chi connectivity index (χ3n) is 3.43. The van der Waals surface area contributed by atoms with Crippen molar-refractivity contribution in [3.63, 3.8) is 0 Å². The Bertz CT molecular complexity index is 1100. The fourth-order valence-electron chi connectivity index (χ4n) is 2.28. The highest BCUT2D eigenvalue weighted by Gasteiger charge is 2.21. The summed E-state index contributed by atoms with van der Waals surface area (Å²) in [5.41, 5.74) is 0.438. The van der Waals surface area contributed by atoms with Gasteiger partial charge in [-0.05, 0) is 18.2 Å².